The van der Waals surface area contributed by atoms with Crippen molar-refractivity contribution >= 4 is 0 Å². The molecular formula is C21H37N3O2. The lowest BCUT2D eigenvalue weighted by molar-refractivity contribution is -0.00168. The fraction of sp³-hybridized carbons (Fsp3) is 0.810. The normalized spacial score (nSPS) is 24.6. The Balaban J connectivity index is 1.56. The van der Waals surface area contributed by atoms with Gasteiger partial charge >= 0.3 is 0 Å². The minimum atomic E-state index is 0.278. The van der Waals surface area contributed by atoms with Crippen LogP contribution in [0.15, 0.2) is 16.5 Å². The van der Waals surface area contributed by atoms with Crippen molar-refractivity contribution in [2.45, 2.75) is 71.1 Å². The summed E-state index contributed by atoms with van der Waals surface area (Å²) in [5.41, 5.74) is 0. The molecule has 0 unspecified atom stereocenters. The van der Waals surface area contributed by atoms with Crippen LogP contribution in [-0.4, -0.2) is 77.3 Å². The number of aliphatic hydroxyl groups is 1. The molecule has 5 heteroatoms. The fourth-order valence-corrected chi connectivity index (χ4v) is 4.62. The first-order chi connectivity index (χ1) is 12.6. The zero-order valence-electron chi connectivity index (χ0n) is 16.9. The van der Waals surface area contributed by atoms with Crippen molar-refractivity contribution < 1.29 is 9.52 Å². The molecule has 26 heavy (non-hydrogen) atoms. The van der Waals surface area contributed by atoms with E-state index in [0.717, 1.165) is 50.5 Å². The van der Waals surface area contributed by atoms with E-state index in [0.29, 0.717) is 18.1 Å². The van der Waals surface area contributed by atoms with E-state index in [1.165, 1.54) is 25.9 Å². The van der Waals surface area contributed by atoms with Crippen molar-refractivity contribution in [3.8, 4) is 0 Å². The van der Waals surface area contributed by atoms with E-state index in [9.17, 15) is 5.11 Å². The first-order valence-electron chi connectivity index (χ1n) is 10.5. The van der Waals surface area contributed by atoms with E-state index in [4.69, 9.17) is 4.42 Å². The summed E-state index contributed by atoms with van der Waals surface area (Å²) in [6.45, 7) is 13.5. The van der Waals surface area contributed by atoms with Crippen LogP contribution in [0.25, 0.3) is 0 Å². The molecule has 148 valence electrons. The van der Waals surface area contributed by atoms with Gasteiger partial charge in [-0.1, -0.05) is 6.92 Å². The SMILES string of the molecule is CCc1ccc(CN2CCN(C3CCN(C(C)C)CC3)[C@H](CCO)C2)o1. The Morgan fingerprint density at radius 2 is 1.85 bits per heavy atom. The number of piperazine rings is 1. The lowest BCUT2D eigenvalue weighted by Gasteiger charge is -2.48. The molecule has 0 aliphatic carbocycles. The molecule has 1 aromatic heterocycles. The quantitative estimate of drug-likeness (QED) is 0.807. The molecule has 1 N–H and O–H groups in total. The molecule has 3 rings (SSSR count). The third kappa shape index (κ3) is 4.89. The van der Waals surface area contributed by atoms with Crippen LogP contribution in [-0.2, 0) is 13.0 Å². The second-order valence-electron chi connectivity index (χ2n) is 8.22. The van der Waals surface area contributed by atoms with Gasteiger partial charge in [0.25, 0.3) is 0 Å². The second-order valence-corrected chi connectivity index (χ2v) is 8.22. The molecule has 0 radical (unpaired) electrons. The number of furan rings is 1. The van der Waals surface area contributed by atoms with Crippen LogP contribution in [0.3, 0.4) is 0 Å². The lowest BCUT2D eigenvalue weighted by atomic mass is 9.97. The van der Waals surface area contributed by atoms with Gasteiger partial charge in [-0.2, -0.15) is 0 Å². The fourth-order valence-electron chi connectivity index (χ4n) is 4.62. The summed E-state index contributed by atoms with van der Waals surface area (Å²) >= 11 is 0. The Morgan fingerprint density at radius 1 is 1.12 bits per heavy atom. The van der Waals surface area contributed by atoms with E-state index >= 15 is 0 Å². The molecule has 3 heterocycles. The number of likely N-dealkylation sites (tertiary alicyclic amines) is 1. The van der Waals surface area contributed by atoms with Gasteiger partial charge in [-0.25, -0.2) is 0 Å². The Morgan fingerprint density at radius 3 is 2.46 bits per heavy atom. The standard InChI is InChI=1S/C21H37N3O2/c1-4-20-5-6-21(26-20)16-22-12-13-24(19(15-22)9-14-25)18-7-10-23(11-8-18)17(2)3/h5-6,17-19,25H,4,7-16H2,1-3H3/t19-/m1/s1. The third-order valence-electron chi connectivity index (χ3n) is 6.22. The molecule has 5 nitrogen and oxygen atoms in total. The summed E-state index contributed by atoms with van der Waals surface area (Å²) in [7, 11) is 0. The van der Waals surface area contributed by atoms with Crippen molar-refractivity contribution in [2.75, 3.05) is 39.3 Å². The molecule has 1 aromatic rings. The molecule has 0 saturated carbocycles. The average molecular weight is 364 g/mol. The van der Waals surface area contributed by atoms with E-state index in [-0.39, 0.29) is 6.61 Å². The second kappa shape index (κ2) is 9.36. The maximum atomic E-state index is 9.59. The minimum absolute atomic E-state index is 0.278. The molecule has 0 aromatic carbocycles. The molecule has 2 aliphatic heterocycles. The largest absolute Gasteiger partial charge is 0.465 e. The topological polar surface area (TPSA) is 43.1 Å². The summed E-state index contributed by atoms with van der Waals surface area (Å²) in [5.74, 6) is 2.14. The van der Waals surface area contributed by atoms with E-state index in [2.05, 4.69) is 47.6 Å². The summed E-state index contributed by atoms with van der Waals surface area (Å²) in [6, 6.07) is 6.01. The maximum Gasteiger partial charge on any atom is 0.118 e. The maximum absolute atomic E-state index is 9.59. The molecular weight excluding hydrogens is 326 g/mol. The van der Waals surface area contributed by atoms with Gasteiger partial charge in [-0.3, -0.25) is 9.80 Å². The Labute approximate surface area is 158 Å². The van der Waals surface area contributed by atoms with Crippen molar-refractivity contribution in [2.24, 2.45) is 0 Å². The Bertz CT molecular complexity index is 537. The van der Waals surface area contributed by atoms with Gasteiger partial charge in [0.1, 0.15) is 11.5 Å². The van der Waals surface area contributed by atoms with Crippen LogP contribution in [0, 0.1) is 0 Å². The van der Waals surface area contributed by atoms with E-state index < -0.39 is 0 Å². The van der Waals surface area contributed by atoms with Crippen molar-refractivity contribution in [3.05, 3.63) is 23.7 Å². The molecule has 0 bridgehead atoms. The van der Waals surface area contributed by atoms with Crippen LogP contribution in [0.2, 0.25) is 0 Å². The Kier molecular flexibility index (Phi) is 7.15. The predicted octanol–water partition coefficient (Wildman–Crippen LogP) is 2.58. The van der Waals surface area contributed by atoms with Gasteiger partial charge in [0.15, 0.2) is 0 Å². The van der Waals surface area contributed by atoms with Crippen molar-refractivity contribution in [1.29, 1.82) is 0 Å². The van der Waals surface area contributed by atoms with Gasteiger partial charge in [0.2, 0.25) is 0 Å². The minimum Gasteiger partial charge on any atom is -0.465 e. The smallest absolute Gasteiger partial charge is 0.118 e. The highest BCUT2D eigenvalue weighted by Gasteiger charge is 2.34. The summed E-state index contributed by atoms with van der Waals surface area (Å²) in [4.78, 5) is 7.79. The highest BCUT2D eigenvalue weighted by molar-refractivity contribution is 5.07. The van der Waals surface area contributed by atoms with Crippen LogP contribution in [0.4, 0.5) is 0 Å². The number of hydrogen-bond donors (Lipinski definition) is 1. The van der Waals surface area contributed by atoms with E-state index in [1.807, 2.05) is 0 Å². The summed E-state index contributed by atoms with van der Waals surface area (Å²) in [6.07, 6.45) is 4.35. The van der Waals surface area contributed by atoms with Gasteiger partial charge < -0.3 is 14.4 Å². The van der Waals surface area contributed by atoms with Gasteiger partial charge in [0.05, 0.1) is 6.54 Å². The van der Waals surface area contributed by atoms with Crippen LogP contribution < -0.4 is 0 Å². The van der Waals surface area contributed by atoms with Gasteiger partial charge in [0, 0.05) is 50.8 Å². The number of aliphatic hydroxyl groups excluding tert-OH is 1. The number of hydrogen-bond acceptors (Lipinski definition) is 5. The van der Waals surface area contributed by atoms with E-state index in [1.54, 1.807) is 0 Å². The van der Waals surface area contributed by atoms with Gasteiger partial charge in [-0.05, 0) is 58.3 Å². The zero-order valence-corrected chi connectivity index (χ0v) is 16.9. The number of nitrogens with zero attached hydrogens (tertiary/aromatic N) is 3. The summed E-state index contributed by atoms with van der Waals surface area (Å²) < 4.78 is 5.90. The molecule has 0 spiro atoms. The van der Waals surface area contributed by atoms with Crippen molar-refractivity contribution in [3.63, 3.8) is 0 Å². The van der Waals surface area contributed by atoms with Crippen molar-refractivity contribution in [1.82, 2.24) is 14.7 Å². The summed E-state index contributed by atoms with van der Waals surface area (Å²) in [5, 5.41) is 9.59. The monoisotopic (exact) mass is 363 g/mol. The van der Waals surface area contributed by atoms with Crippen LogP contribution >= 0.6 is 0 Å². The molecule has 2 saturated heterocycles. The van der Waals surface area contributed by atoms with Gasteiger partial charge in [-0.15, -0.1) is 0 Å². The number of piperidine rings is 1. The number of aryl methyl sites for hydroxylation is 1. The molecule has 2 fully saturated rings. The molecule has 0 amide bonds. The zero-order chi connectivity index (χ0) is 18.5. The Hall–Kier alpha value is -0.880. The third-order valence-corrected chi connectivity index (χ3v) is 6.22. The first-order valence-corrected chi connectivity index (χ1v) is 10.5. The van der Waals surface area contributed by atoms with Crippen LogP contribution in [0.1, 0.15) is 51.6 Å². The highest BCUT2D eigenvalue weighted by atomic mass is 16.3. The average Bonchev–Trinajstić information content (AvgIpc) is 3.10. The molecule has 1 atom stereocenters. The highest BCUT2D eigenvalue weighted by Crippen LogP contribution is 2.25. The number of rotatable bonds is 7. The predicted molar refractivity (Wildman–Crippen MR) is 105 cm³/mol. The first kappa shape index (κ1) is 19.9. The lowest BCUT2D eigenvalue weighted by Crippen LogP contribution is -2.58. The molecule has 2 aliphatic rings. The van der Waals surface area contributed by atoms with Crippen LogP contribution in [0.5, 0.6) is 0 Å².